The van der Waals surface area contributed by atoms with Gasteiger partial charge in [-0.15, -0.1) is 0 Å². The van der Waals surface area contributed by atoms with E-state index in [0.717, 1.165) is 13.0 Å². The number of methoxy groups -OCH3 is 1. The van der Waals surface area contributed by atoms with Gasteiger partial charge in [0.1, 0.15) is 0 Å². The molecule has 0 aromatic heterocycles. The van der Waals surface area contributed by atoms with Crippen LogP contribution < -0.4 is 5.32 Å². The van der Waals surface area contributed by atoms with Crippen LogP contribution in [0.2, 0.25) is 0 Å². The fourth-order valence-corrected chi connectivity index (χ4v) is 2.46. The molecule has 1 saturated heterocycles. The summed E-state index contributed by atoms with van der Waals surface area (Å²) in [6.07, 6.45) is 1.05. The Kier molecular flexibility index (Phi) is 3.80. The van der Waals surface area contributed by atoms with E-state index in [9.17, 15) is 0 Å². The summed E-state index contributed by atoms with van der Waals surface area (Å²) in [7, 11) is 1.73. The van der Waals surface area contributed by atoms with Gasteiger partial charge in [-0.2, -0.15) is 0 Å². The van der Waals surface area contributed by atoms with Crippen LogP contribution in [0.1, 0.15) is 41.0 Å². The summed E-state index contributed by atoms with van der Waals surface area (Å²) in [6.45, 7) is 11.5. The van der Waals surface area contributed by atoms with Crippen LogP contribution in [0.4, 0.5) is 0 Å². The first-order valence-corrected chi connectivity index (χ1v) is 5.72. The van der Waals surface area contributed by atoms with Crippen molar-refractivity contribution in [1.82, 2.24) is 5.32 Å². The molecule has 1 aliphatic rings. The zero-order chi connectivity index (χ0) is 11.7. The summed E-state index contributed by atoms with van der Waals surface area (Å²) in [6, 6.07) is 0.773. The Balaban J connectivity index is 2.55. The van der Waals surface area contributed by atoms with Gasteiger partial charge in [0, 0.05) is 19.2 Å². The summed E-state index contributed by atoms with van der Waals surface area (Å²) in [4.78, 5) is 0. The number of hydrogen-bond donors (Lipinski definition) is 1. The van der Waals surface area contributed by atoms with Crippen LogP contribution in [0.15, 0.2) is 0 Å². The first-order valence-electron chi connectivity index (χ1n) is 5.72. The molecule has 1 rings (SSSR count). The van der Waals surface area contributed by atoms with Crippen molar-refractivity contribution in [1.29, 1.82) is 0 Å². The molecule has 3 heteroatoms. The maximum absolute atomic E-state index is 6.02. The Labute approximate surface area is 93.5 Å². The Morgan fingerprint density at radius 2 is 2.00 bits per heavy atom. The van der Waals surface area contributed by atoms with Gasteiger partial charge in [0.2, 0.25) is 0 Å². The van der Waals surface area contributed by atoms with Gasteiger partial charge in [-0.05, 0) is 41.0 Å². The molecule has 0 saturated carbocycles. The van der Waals surface area contributed by atoms with Crippen molar-refractivity contribution in [3.05, 3.63) is 0 Å². The van der Waals surface area contributed by atoms with E-state index in [-0.39, 0.29) is 11.2 Å². The fraction of sp³-hybridized carbons (Fsp3) is 1.00. The first-order chi connectivity index (χ1) is 6.77. The van der Waals surface area contributed by atoms with Crippen molar-refractivity contribution in [2.45, 2.75) is 64.3 Å². The molecule has 0 amide bonds. The molecule has 1 fully saturated rings. The highest BCUT2D eigenvalue weighted by Crippen LogP contribution is 2.37. The largest absolute Gasteiger partial charge is 0.383 e. The fourth-order valence-electron chi connectivity index (χ4n) is 2.46. The van der Waals surface area contributed by atoms with E-state index in [1.165, 1.54) is 0 Å². The minimum absolute atomic E-state index is 0.0199. The zero-order valence-corrected chi connectivity index (χ0v) is 10.9. The Morgan fingerprint density at radius 3 is 2.40 bits per heavy atom. The maximum atomic E-state index is 6.02. The van der Waals surface area contributed by atoms with Gasteiger partial charge >= 0.3 is 0 Å². The van der Waals surface area contributed by atoms with E-state index >= 15 is 0 Å². The molecular formula is C12H25NO2. The summed E-state index contributed by atoms with van der Waals surface area (Å²) in [5.41, 5.74) is -0.112. The molecule has 0 bridgehead atoms. The predicted molar refractivity (Wildman–Crippen MR) is 62.1 cm³/mol. The van der Waals surface area contributed by atoms with Crippen molar-refractivity contribution >= 4 is 0 Å². The molecule has 2 atom stereocenters. The molecule has 0 radical (unpaired) electrons. The molecule has 0 aromatic carbocycles. The van der Waals surface area contributed by atoms with E-state index < -0.39 is 0 Å². The SMILES string of the molecule is COC[C@@H](C)N[C@@H]1CC(C)(C)OC1(C)C. The summed E-state index contributed by atoms with van der Waals surface area (Å²) >= 11 is 0. The van der Waals surface area contributed by atoms with Gasteiger partial charge in [-0.1, -0.05) is 0 Å². The second-order valence-electron chi connectivity index (χ2n) is 5.74. The lowest BCUT2D eigenvalue weighted by Crippen LogP contribution is -2.48. The van der Waals surface area contributed by atoms with Crippen molar-refractivity contribution in [3.63, 3.8) is 0 Å². The summed E-state index contributed by atoms with van der Waals surface area (Å²) in [5.74, 6) is 0. The predicted octanol–water partition coefficient (Wildman–Crippen LogP) is 1.96. The normalized spacial score (nSPS) is 30.4. The van der Waals surface area contributed by atoms with E-state index in [1.807, 2.05) is 0 Å². The van der Waals surface area contributed by atoms with Crippen LogP contribution >= 0.6 is 0 Å². The van der Waals surface area contributed by atoms with E-state index in [0.29, 0.717) is 12.1 Å². The van der Waals surface area contributed by atoms with E-state index in [2.05, 4.69) is 39.9 Å². The molecule has 1 heterocycles. The van der Waals surface area contributed by atoms with Gasteiger partial charge in [0.25, 0.3) is 0 Å². The minimum atomic E-state index is -0.0918. The summed E-state index contributed by atoms with van der Waals surface area (Å²) in [5, 5.41) is 3.58. The smallest absolute Gasteiger partial charge is 0.0787 e. The lowest BCUT2D eigenvalue weighted by atomic mass is 9.94. The third-order valence-corrected chi connectivity index (χ3v) is 2.98. The third-order valence-electron chi connectivity index (χ3n) is 2.98. The molecule has 0 spiro atoms. The molecule has 0 unspecified atom stereocenters. The van der Waals surface area contributed by atoms with Crippen LogP contribution in [0.5, 0.6) is 0 Å². The zero-order valence-electron chi connectivity index (χ0n) is 10.9. The first kappa shape index (κ1) is 12.9. The number of hydrogen-bond acceptors (Lipinski definition) is 3. The number of ether oxygens (including phenoxy) is 2. The highest BCUT2D eigenvalue weighted by Gasteiger charge is 2.45. The molecule has 0 aliphatic carbocycles. The van der Waals surface area contributed by atoms with Crippen LogP contribution in [-0.2, 0) is 9.47 Å². The van der Waals surface area contributed by atoms with Gasteiger partial charge in [0.05, 0.1) is 17.8 Å². The van der Waals surface area contributed by atoms with Crippen molar-refractivity contribution in [2.75, 3.05) is 13.7 Å². The van der Waals surface area contributed by atoms with Gasteiger partial charge < -0.3 is 14.8 Å². The molecule has 1 N–H and O–H groups in total. The van der Waals surface area contributed by atoms with Crippen LogP contribution in [-0.4, -0.2) is 37.0 Å². The van der Waals surface area contributed by atoms with E-state index in [4.69, 9.17) is 9.47 Å². The van der Waals surface area contributed by atoms with E-state index in [1.54, 1.807) is 7.11 Å². The minimum Gasteiger partial charge on any atom is -0.383 e. The lowest BCUT2D eigenvalue weighted by molar-refractivity contribution is -0.0707. The highest BCUT2D eigenvalue weighted by atomic mass is 16.5. The average molecular weight is 215 g/mol. The monoisotopic (exact) mass is 215 g/mol. The van der Waals surface area contributed by atoms with Crippen LogP contribution in [0, 0.1) is 0 Å². The maximum Gasteiger partial charge on any atom is 0.0787 e. The Bertz CT molecular complexity index is 214. The van der Waals surface area contributed by atoms with Crippen molar-refractivity contribution in [2.24, 2.45) is 0 Å². The standard InChI is InChI=1S/C12H25NO2/c1-9(8-14-6)13-10-7-11(2,3)15-12(10,4)5/h9-10,13H,7-8H2,1-6H3/t9-,10-/m1/s1. The molecule has 90 valence electrons. The Hall–Kier alpha value is -0.120. The number of nitrogens with one attached hydrogen (secondary N) is 1. The summed E-state index contributed by atoms with van der Waals surface area (Å²) < 4.78 is 11.2. The average Bonchev–Trinajstić information content (AvgIpc) is 2.19. The van der Waals surface area contributed by atoms with Crippen molar-refractivity contribution < 1.29 is 9.47 Å². The quantitative estimate of drug-likeness (QED) is 0.777. The van der Waals surface area contributed by atoms with Gasteiger partial charge in [-0.25, -0.2) is 0 Å². The van der Waals surface area contributed by atoms with Crippen molar-refractivity contribution in [3.8, 4) is 0 Å². The second-order valence-corrected chi connectivity index (χ2v) is 5.74. The van der Waals surface area contributed by atoms with Gasteiger partial charge in [-0.3, -0.25) is 0 Å². The third kappa shape index (κ3) is 3.44. The van der Waals surface area contributed by atoms with Crippen LogP contribution in [0.3, 0.4) is 0 Å². The highest BCUT2D eigenvalue weighted by molar-refractivity contribution is 4.99. The molecule has 3 nitrogen and oxygen atoms in total. The topological polar surface area (TPSA) is 30.5 Å². The van der Waals surface area contributed by atoms with Crippen LogP contribution in [0.25, 0.3) is 0 Å². The second kappa shape index (κ2) is 4.40. The molecule has 1 aliphatic heterocycles. The molecule has 0 aromatic rings. The number of rotatable bonds is 4. The lowest BCUT2D eigenvalue weighted by Gasteiger charge is -2.29. The van der Waals surface area contributed by atoms with Gasteiger partial charge in [0.15, 0.2) is 0 Å². The Morgan fingerprint density at radius 1 is 1.40 bits per heavy atom. The molecular weight excluding hydrogens is 190 g/mol. The molecule has 15 heavy (non-hydrogen) atoms.